The number of hydrogen-bond donors (Lipinski definition) is 4. The zero-order chi connectivity index (χ0) is 9.07. The molecule has 0 aromatic heterocycles. The average Bonchev–Trinajstić information content (AvgIpc) is 1.53. The number of rotatable bonds is 4. The summed E-state index contributed by atoms with van der Waals surface area (Å²) >= 11 is 0. The minimum atomic E-state index is -3.48. The lowest BCUT2D eigenvalue weighted by atomic mass is 10.8. The highest BCUT2D eigenvalue weighted by Gasteiger charge is 2.20. The standard InChI is InChI=1S/C4H8O6S/c5-3(6)1-11(9,10)2-4(7)8/h9-10H,1-2H2,(H,5,6)(H,7,8). The van der Waals surface area contributed by atoms with E-state index in [9.17, 15) is 9.59 Å². The molecule has 0 saturated carbocycles. The molecule has 0 aromatic carbocycles. The quantitative estimate of drug-likeness (QED) is 0.485. The zero-order valence-electron chi connectivity index (χ0n) is 5.43. The number of hydrogen-bond acceptors (Lipinski definition) is 4. The Morgan fingerprint density at radius 1 is 1.00 bits per heavy atom. The molecule has 0 saturated heterocycles. The highest BCUT2D eigenvalue weighted by atomic mass is 32.3. The molecule has 0 aromatic rings. The number of aliphatic carboxylic acids is 2. The van der Waals surface area contributed by atoms with Gasteiger partial charge in [0.15, 0.2) is 0 Å². The van der Waals surface area contributed by atoms with E-state index in [1.54, 1.807) is 0 Å². The lowest BCUT2D eigenvalue weighted by Crippen LogP contribution is -2.19. The van der Waals surface area contributed by atoms with Crippen LogP contribution in [-0.2, 0) is 9.59 Å². The van der Waals surface area contributed by atoms with Crippen molar-refractivity contribution < 1.29 is 28.9 Å². The highest BCUT2D eigenvalue weighted by molar-refractivity contribution is 8.25. The largest absolute Gasteiger partial charge is 0.480 e. The molecule has 0 rings (SSSR count). The number of carboxylic acid groups (broad SMARTS) is 2. The lowest BCUT2D eigenvalue weighted by molar-refractivity contribution is -0.134. The van der Waals surface area contributed by atoms with Crippen LogP contribution in [0.2, 0.25) is 0 Å². The van der Waals surface area contributed by atoms with Gasteiger partial charge in [0, 0.05) is 0 Å². The molecule has 0 radical (unpaired) electrons. The molecule has 0 fully saturated rings. The molecule has 6 nitrogen and oxygen atoms in total. The summed E-state index contributed by atoms with van der Waals surface area (Å²) in [6.45, 7) is 0. The van der Waals surface area contributed by atoms with Gasteiger partial charge in [-0.05, 0) is 0 Å². The maximum absolute atomic E-state index is 9.90. The van der Waals surface area contributed by atoms with Gasteiger partial charge in [-0.25, -0.2) is 0 Å². The van der Waals surface area contributed by atoms with E-state index in [2.05, 4.69) is 0 Å². The molecule has 0 aliphatic carbocycles. The maximum atomic E-state index is 9.90. The second kappa shape index (κ2) is 3.56. The van der Waals surface area contributed by atoms with Gasteiger partial charge < -0.3 is 10.2 Å². The smallest absolute Gasteiger partial charge is 0.322 e. The zero-order valence-corrected chi connectivity index (χ0v) is 6.24. The van der Waals surface area contributed by atoms with Gasteiger partial charge in [0.25, 0.3) is 0 Å². The van der Waals surface area contributed by atoms with E-state index in [0.717, 1.165) is 0 Å². The van der Waals surface area contributed by atoms with Gasteiger partial charge in [-0.15, -0.1) is 0 Å². The first-order valence-electron chi connectivity index (χ1n) is 2.51. The first kappa shape index (κ1) is 10.2. The third-order valence-electron chi connectivity index (χ3n) is 0.709. The van der Waals surface area contributed by atoms with Crippen LogP contribution >= 0.6 is 10.6 Å². The maximum Gasteiger partial charge on any atom is 0.322 e. The van der Waals surface area contributed by atoms with Crippen molar-refractivity contribution in [3.05, 3.63) is 0 Å². The van der Waals surface area contributed by atoms with E-state index >= 15 is 0 Å². The average molecular weight is 184 g/mol. The molecular formula is C4H8O6S. The predicted octanol–water partition coefficient (Wildman–Crippen LogP) is -0.0938. The molecule has 0 spiro atoms. The molecule has 0 aliphatic heterocycles. The van der Waals surface area contributed by atoms with Crippen LogP contribution in [0, 0.1) is 0 Å². The first-order valence-corrected chi connectivity index (χ1v) is 4.39. The summed E-state index contributed by atoms with van der Waals surface area (Å²) in [5, 5.41) is 16.1. The Kier molecular flexibility index (Phi) is 3.30. The minimum absolute atomic E-state index is 0.917. The van der Waals surface area contributed by atoms with Gasteiger partial charge in [0.1, 0.15) is 11.5 Å². The normalized spacial score (nSPS) is 12.5. The fourth-order valence-electron chi connectivity index (χ4n) is 0.447. The van der Waals surface area contributed by atoms with Crippen LogP contribution in [0.3, 0.4) is 0 Å². The fraction of sp³-hybridized carbons (Fsp3) is 0.500. The summed E-state index contributed by atoms with van der Waals surface area (Å²) in [7, 11) is -3.48. The summed E-state index contributed by atoms with van der Waals surface area (Å²) in [6, 6.07) is 0. The Bertz CT molecular complexity index is 157. The fourth-order valence-corrected chi connectivity index (χ4v) is 1.34. The third-order valence-corrected chi connectivity index (χ3v) is 2.13. The van der Waals surface area contributed by atoms with Gasteiger partial charge in [0.2, 0.25) is 0 Å². The molecule has 66 valence electrons. The summed E-state index contributed by atoms with van der Waals surface area (Å²) < 4.78 is 17.5. The topological polar surface area (TPSA) is 115 Å². The van der Waals surface area contributed by atoms with E-state index in [1.165, 1.54) is 0 Å². The Labute approximate surface area is 63.8 Å². The molecule has 0 unspecified atom stereocenters. The molecule has 0 atom stereocenters. The summed E-state index contributed by atoms with van der Waals surface area (Å²) in [4.78, 5) is 19.8. The Hall–Kier alpha value is -0.790. The van der Waals surface area contributed by atoms with Crippen molar-refractivity contribution in [3.8, 4) is 0 Å². The van der Waals surface area contributed by atoms with Crippen LogP contribution in [-0.4, -0.2) is 42.8 Å². The highest BCUT2D eigenvalue weighted by Crippen LogP contribution is 2.37. The molecule has 0 bridgehead atoms. The second-order valence-corrected chi connectivity index (χ2v) is 4.06. The number of carboxylic acids is 2. The van der Waals surface area contributed by atoms with Crippen LogP contribution in [0.25, 0.3) is 0 Å². The molecular weight excluding hydrogens is 176 g/mol. The van der Waals surface area contributed by atoms with Crippen LogP contribution in [0.4, 0.5) is 0 Å². The number of carbonyl (C=O) groups is 2. The van der Waals surface area contributed by atoms with Gasteiger partial charge in [-0.3, -0.25) is 18.7 Å². The molecule has 7 heteroatoms. The summed E-state index contributed by atoms with van der Waals surface area (Å²) in [5.41, 5.74) is 0. The van der Waals surface area contributed by atoms with Crippen LogP contribution in [0.5, 0.6) is 0 Å². The van der Waals surface area contributed by atoms with Crippen LogP contribution in [0.15, 0.2) is 0 Å². The Balaban J connectivity index is 3.99. The SMILES string of the molecule is O=C(O)CS(O)(O)CC(=O)O. The van der Waals surface area contributed by atoms with Gasteiger partial charge >= 0.3 is 11.9 Å². The molecule has 11 heavy (non-hydrogen) atoms. The van der Waals surface area contributed by atoms with Crippen molar-refractivity contribution in [1.82, 2.24) is 0 Å². The second-order valence-electron chi connectivity index (χ2n) is 1.88. The third kappa shape index (κ3) is 5.64. The van der Waals surface area contributed by atoms with Gasteiger partial charge in [-0.1, -0.05) is 0 Å². The monoisotopic (exact) mass is 184 g/mol. The van der Waals surface area contributed by atoms with Gasteiger partial charge in [-0.2, -0.15) is 10.6 Å². The van der Waals surface area contributed by atoms with E-state index in [4.69, 9.17) is 19.3 Å². The Morgan fingerprint density at radius 2 is 1.27 bits per heavy atom. The lowest BCUT2D eigenvalue weighted by Gasteiger charge is -2.27. The molecule has 0 aliphatic rings. The van der Waals surface area contributed by atoms with Crippen LogP contribution in [0.1, 0.15) is 0 Å². The van der Waals surface area contributed by atoms with Crippen LogP contribution < -0.4 is 0 Å². The van der Waals surface area contributed by atoms with Crippen molar-refractivity contribution in [3.63, 3.8) is 0 Å². The van der Waals surface area contributed by atoms with Crippen molar-refractivity contribution in [2.75, 3.05) is 11.5 Å². The molecule has 0 heterocycles. The van der Waals surface area contributed by atoms with E-state index in [-0.39, 0.29) is 0 Å². The molecule has 0 amide bonds. The van der Waals surface area contributed by atoms with Crippen molar-refractivity contribution in [2.45, 2.75) is 0 Å². The van der Waals surface area contributed by atoms with Crippen molar-refractivity contribution in [1.29, 1.82) is 0 Å². The van der Waals surface area contributed by atoms with Gasteiger partial charge in [0.05, 0.1) is 0 Å². The summed E-state index contributed by atoms with van der Waals surface area (Å²) in [5.74, 6) is -4.68. The predicted molar refractivity (Wildman–Crippen MR) is 37.9 cm³/mol. The van der Waals surface area contributed by atoms with E-state index in [1.807, 2.05) is 0 Å². The van der Waals surface area contributed by atoms with E-state index < -0.39 is 34.0 Å². The van der Waals surface area contributed by atoms with Crippen molar-refractivity contribution >= 4 is 22.5 Å². The summed E-state index contributed by atoms with van der Waals surface area (Å²) in [6.07, 6.45) is 0. The van der Waals surface area contributed by atoms with E-state index in [0.29, 0.717) is 0 Å². The van der Waals surface area contributed by atoms with Crippen molar-refractivity contribution in [2.24, 2.45) is 0 Å². The Morgan fingerprint density at radius 3 is 1.45 bits per heavy atom. The first-order chi connectivity index (χ1) is 4.83. The minimum Gasteiger partial charge on any atom is -0.480 e. The molecule has 4 N–H and O–H groups in total.